The lowest BCUT2D eigenvalue weighted by Gasteiger charge is -2.13. The molecule has 0 radical (unpaired) electrons. The number of aryl methyl sites for hydroxylation is 1. The first-order chi connectivity index (χ1) is 9.20. The van der Waals surface area contributed by atoms with E-state index in [0.717, 1.165) is 32.4 Å². The third-order valence-electron chi connectivity index (χ3n) is 2.72. The molecule has 1 heterocycles. The fraction of sp³-hybridized carbons (Fsp3) is 0.231. The largest absolute Gasteiger partial charge is 0.416 e. The fourth-order valence-electron chi connectivity index (χ4n) is 1.67. The summed E-state index contributed by atoms with van der Waals surface area (Å²) >= 11 is 8.01. The molecule has 2 aromatic rings. The van der Waals surface area contributed by atoms with Crippen molar-refractivity contribution in [2.75, 3.05) is 0 Å². The summed E-state index contributed by atoms with van der Waals surface area (Å²) in [4.78, 5) is 1.12. The topological polar surface area (TPSA) is 0 Å². The number of thiophene rings is 1. The molecule has 20 heavy (non-hydrogen) atoms. The molecule has 0 N–H and O–H groups in total. The van der Waals surface area contributed by atoms with E-state index in [9.17, 15) is 17.6 Å². The highest BCUT2D eigenvalue weighted by atomic mass is 79.9. The molecule has 0 aliphatic heterocycles. The van der Waals surface area contributed by atoms with Crippen LogP contribution in [0.15, 0.2) is 28.7 Å². The second-order valence-electron chi connectivity index (χ2n) is 4.15. The van der Waals surface area contributed by atoms with Gasteiger partial charge in [0, 0.05) is 19.8 Å². The molecule has 1 unspecified atom stereocenters. The maximum atomic E-state index is 13.8. The van der Waals surface area contributed by atoms with Gasteiger partial charge in [-0.05, 0) is 47.1 Å². The molecule has 0 fully saturated rings. The van der Waals surface area contributed by atoms with E-state index in [2.05, 4.69) is 31.9 Å². The number of alkyl halides is 4. The van der Waals surface area contributed by atoms with Crippen molar-refractivity contribution in [3.05, 3.63) is 55.4 Å². The molecule has 2 rings (SSSR count). The van der Waals surface area contributed by atoms with Crippen LogP contribution in [0.4, 0.5) is 17.6 Å². The lowest BCUT2D eigenvalue weighted by molar-refractivity contribution is -0.137. The van der Waals surface area contributed by atoms with Crippen LogP contribution >= 0.6 is 43.2 Å². The number of benzene rings is 1. The number of hydrogen-bond donors (Lipinski definition) is 0. The van der Waals surface area contributed by atoms with Crippen LogP contribution in [0.2, 0.25) is 0 Å². The molecule has 0 aliphatic rings. The van der Waals surface area contributed by atoms with Gasteiger partial charge in [-0.15, -0.1) is 11.3 Å². The van der Waals surface area contributed by atoms with Gasteiger partial charge in [0.2, 0.25) is 0 Å². The quantitative estimate of drug-likeness (QED) is 0.378. The molecule has 0 spiro atoms. The Morgan fingerprint density at radius 1 is 1.20 bits per heavy atom. The predicted molar refractivity (Wildman–Crippen MR) is 78.9 cm³/mol. The van der Waals surface area contributed by atoms with Crippen molar-refractivity contribution in [1.29, 1.82) is 0 Å². The van der Waals surface area contributed by atoms with E-state index in [4.69, 9.17) is 0 Å². The van der Waals surface area contributed by atoms with Gasteiger partial charge in [-0.25, -0.2) is 4.39 Å². The highest BCUT2D eigenvalue weighted by Crippen LogP contribution is 2.41. The van der Waals surface area contributed by atoms with Crippen LogP contribution in [0, 0.1) is 12.7 Å². The number of hydrogen-bond acceptors (Lipinski definition) is 1. The fourth-order valence-corrected chi connectivity index (χ4v) is 4.00. The average Bonchev–Trinajstić information content (AvgIpc) is 2.68. The van der Waals surface area contributed by atoms with E-state index in [-0.39, 0.29) is 5.56 Å². The second kappa shape index (κ2) is 5.77. The molecule has 0 nitrogen and oxygen atoms in total. The Balaban J connectivity index is 2.46. The van der Waals surface area contributed by atoms with E-state index >= 15 is 0 Å². The average molecular weight is 432 g/mol. The summed E-state index contributed by atoms with van der Waals surface area (Å²) in [6.07, 6.45) is -4.49. The lowest BCUT2D eigenvalue weighted by atomic mass is 10.1. The summed E-state index contributed by atoms with van der Waals surface area (Å²) < 4.78 is 52.7. The summed E-state index contributed by atoms with van der Waals surface area (Å²) in [5.41, 5.74) is -0.876. The van der Waals surface area contributed by atoms with Gasteiger partial charge in [0.1, 0.15) is 5.82 Å². The molecule has 1 aromatic carbocycles. The minimum Gasteiger partial charge on any atom is -0.207 e. The van der Waals surface area contributed by atoms with Gasteiger partial charge in [0.05, 0.1) is 10.4 Å². The Bertz CT molecular complexity index is 614. The van der Waals surface area contributed by atoms with Gasteiger partial charge in [-0.1, -0.05) is 15.9 Å². The first-order valence-electron chi connectivity index (χ1n) is 5.46. The lowest BCUT2D eigenvalue weighted by Crippen LogP contribution is -2.07. The van der Waals surface area contributed by atoms with Crippen LogP contribution in [0.1, 0.15) is 25.7 Å². The van der Waals surface area contributed by atoms with Gasteiger partial charge in [-0.3, -0.25) is 0 Å². The predicted octanol–water partition coefficient (Wildman–Crippen LogP) is 6.46. The highest BCUT2D eigenvalue weighted by molar-refractivity contribution is 9.10. The second-order valence-corrected chi connectivity index (χ2v) is 7.21. The third kappa shape index (κ3) is 3.26. The van der Waals surface area contributed by atoms with Gasteiger partial charge >= 0.3 is 6.18 Å². The van der Waals surface area contributed by atoms with Crippen molar-refractivity contribution >= 4 is 43.2 Å². The molecular formula is C13H8Br2F4S. The van der Waals surface area contributed by atoms with Gasteiger partial charge in [0.25, 0.3) is 0 Å². The van der Waals surface area contributed by atoms with Crippen molar-refractivity contribution < 1.29 is 17.6 Å². The van der Waals surface area contributed by atoms with Gasteiger partial charge in [0.15, 0.2) is 0 Å². The molecular weight excluding hydrogens is 424 g/mol. The molecule has 0 saturated heterocycles. The minimum absolute atomic E-state index is 0.0198. The van der Waals surface area contributed by atoms with Crippen LogP contribution in [-0.4, -0.2) is 0 Å². The van der Waals surface area contributed by atoms with Crippen LogP contribution in [0.3, 0.4) is 0 Å². The maximum absolute atomic E-state index is 13.8. The Hall–Kier alpha value is -0.400. The van der Waals surface area contributed by atoms with Crippen molar-refractivity contribution in [3.63, 3.8) is 0 Å². The van der Waals surface area contributed by atoms with Crippen molar-refractivity contribution in [3.8, 4) is 0 Å². The molecule has 108 valence electrons. The van der Waals surface area contributed by atoms with Crippen molar-refractivity contribution in [2.24, 2.45) is 0 Å². The molecule has 0 bridgehead atoms. The van der Waals surface area contributed by atoms with Crippen LogP contribution < -0.4 is 0 Å². The van der Waals surface area contributed by atoms with Gasteiger partial charge < -0.3 is 0 Å². The van der Waals surface area contributed by atoms with E-state index < -0.39 is 22.4 Å². The molecule has 0 saturated carbocycles. The number of rotatable bonds is 2. The first-order valence-corrected chi connectivity index (χ1v) is 7.99. The molecule has 1 atom stereocenters. The van der Waals surface area contributed by atoms with Crippen LogP contribution in [0.5, 0.6) is 0 Å². The Kier molecular flexibility index (Phi) is 4.61. The molecule has 0 aliphatic carbocycles. The van der Waals surface area contributed by atoms with Gasteiger partial charge in [-0.2, -0.15) is 13.2 Å². The summed E-state index contributed by atoms with van der Waals surface area (Å²) in [5, 5.41) is 0. The zero-order valence-electron chi connectivity index (χ0n) is 10.1. The maximum Gasteiger partial charge on any atom is 0.416 e. The standard InChI is InChI=1S/C13H8Br2F4S/c1-6-9(14)5-11(20-6)12(15)8-4-7(13(17,18)19)2-3-10(8)16/h2-5,12H,1H3. The summed E-state index contributed by atoms with van der Waals surface area (Å²) in [5.74, 6) is -0.665. The Morgan fingerprint density at radius 3 is 2.35 bits per heavy atom. The van der Waals surface area contributed by atoms with Crippen LogP contribution in [0.25, 0.3) is 0 Å². The Morgan fingerprint density at radius 2 is 1.85 bits per heavy atom. The molecule has 7 heteroatoms. The normalized spacial score (nSPS) is 13.6. The van der Waals surface area contributed by atoms with Crippen LogP contribution in [-0.2, 0) is 6.18 Å². The summed E-state index contributed by atoms with van der Waals surface area (Å²) in [6, 6.07) is 4.22. The van der Waals surface area contributed by atoms with E-state index in [0.29, 0.717) is 0 Å². The van der Waals surface area contributed by atoms with E-state index in [1.54, 1.807) is 6.07 Å². The zero-order valence-corrected chi connectivity index (χ0v) is 14.1. The SMILES string of the molecule is Cc1sc(C(Br)c2cc(C(F)(F)F)ccc2F)cc1Br. The molecule has 0 amide bonds. The smallest absolute Gasteiger partial charge is 0.207 e. The van der Waals surface area contributed by atoms with Crippen molar-refractivity contribution in [1.82, 2.24) is 0 Å². The van der Waals surface area contributed by atoms with Crippen molar-refractivity contribution in [2.45, 2.75) is 17.9 Å². The highest BCUT2D eigenvalue weighted by Gasteiger charge is 2.32. The number of halogens is 6. The monoisotopic (exact) mass is 430 g/mol. The zero-order chi connectivity index (χ0) is 15.1. The van der Waals surface area contributed by atoms with E-state index in [1.165, 1.54) is 11.3 Å². The third-order valence-corrected chi connectivity index (χ3v) is 6.21. The summed E-state index contributed by atoms with van der Waals surface area (Å²) in [7, 11) is 0. The van der Waals surface area contributed by atoms with E-state index in [1.807, 2.05) is 6.92 Å². The Labute approximate surface area is 134 Å². The summed E-state index contributed by atoms with van der Waals surface area (Å²) in [6.45, 7) is 1.88. The minimum atomic E-state index is -4.49. The molecule has 1 aromatic heterocycles. The first kappa shape index (κ1) is 16.0.